The monoisotopic (exact) mass is 360 g/mol. The molecule has 7 heteroatoms. The molecule has 0 aliphatic heterocycles. The zero-order chi connectivity index (χ0) is 19.4. The molecule has 0 unspecified atom stereocenters. The van der Waals surface area contributed by atoms with E-state index in [0.29, 0.717) is 0 Å². The van der Waals surface area contributed by atoms with Crippen LogP contribution >= 0.6 is 0 Å². The van der Waals surface area contributed by atoms with Gasteiger partial charge in [0.2, 0.25) is 0 Å². The van der Waals surface area contributed by atoms with Crippen molar-refractivity contribution >= 4 is 18.0 Å². The average molecular weight is 360 g/mol. The number of hydrogen-bond acceptors (Lipinski definition) is 4. The Bertz CT molecular complexity index is 630. The Morgan fingerprint density at radius 2 is 1.69 bits per heavy atom. The van der Waals surface area contributed by atoms with E-state index in [0.717, 1.165) is 10.5 Å². The SMILES string of the molecule is C=CCOC(=O)N(CCN(CC(=O)CC=C)C(=O)O)Cc1ccccc1. The molecule has 1 N–H and O–H groups in total. The van der Waals surface area contributed by atoms with E-state index in [1.165, 1.54) is 17.1 Å². The van der Waals surface area contributed by atoms with Crippen LogP contribution < -0.4 is 0 Å². The van der Waals surface area contributed by atoms with Crippen molar-refractivity contribution in [2.24, 2.45) is 0 Å². The van der Waals surface area contributed by atoms with E-state index in [1.807, 2.05) is 30.3 Å². The molecule has 1 aromatic carbocycles. The van der Waals surface area contributed by atoms with Gasteiger partial charge in [-0.3, -0.25) is 9.69 Å². The molecule has 0 atom stereocenters. The third-order valence-electron chi connectivity index (χ3n) is 3.45. The van der Waals surface area contributed by atoms with Crippen molar-refractivity contribution in [3.8, 4) is 0 Å². The fourth-order valence-electron chi connectivity index (χ4n) is 2.18. The third kappa shape index (κ3) is 7.65. The predicted molar refractivity (Wildman–Crippen MR) is 97.8 cm³/mol. The molecule has 0 heterocycles. The minimum atomic E-state index is -1.22. The summed E-state index contributed by atoms with van der Waals surface area (Å²) in [6, 6.07) is 9.27. The molecule has 0 radical (unpaired) electrons. The Morgan fingerprint density at radius 1 is 1.04 bits per heavy atom. The van der Waals surface area contributed by atoms with E-state index >= 15 is 0 Å². The molecule has 7 nitrogen and oxygen atoms in total. The molecular formula is C19H24N2O5. The lowest BCUT2D eigenvalue weighted by Gasteiger charge is -2.25. The highest BCUT2D eigenvalue weighted by molar-refractivity contribution is 5.84. The Labute approximate surface area is 153 Å². The number of Topliss-reactive ketones (excluding diaryl/α,β-unsaturated/α-hetero) is 1. The van der Waals surface area contributed by atoms with Crippen LogP contribution in [-0.2, 0) is 16.1 Å². The van der Waals surface area contributed by atoms with Gasteiger partial charge in [-0.15, -0.1) is 6.58 Å². The zero-order valence-corrected chi connectivity index (χ0v) is 14.7. The topological polar surface area (TPSA) is 87.2 Å². The summed E-state index contributed by atoms with van der Waals surface area (Å²) in [6.07, 6.45) is 1.18. The Hall–Kier alpha value is -3.09. The van der Waals surface area contributed by atoms with Gasteiger partial charge in [0.15, 0.2) is 5.78 Å². The zero-order valence-electron chi connectivity index (χ0n) is 14.7. The maximum atomic E-state index is 12.2. The molecule has 0 aliphatic rings. The maximum absolute atomic E-state index is 12.2. The largest absolute Gasteiger partial charge is 0.465 e. The van der Waals surface area contributed by atoms with Crippen molar-refractivity contribution in [1.29, 1.82) is 0 Å². The van der Waals surface area contributed by atoms with E-state index in [4.69, 9.17) is 4.74 Å². The lowest BCUT2D eigenvalue weighted by atomic mass is 10.2. The number of ketones is 1. The molecule has 1 aromatic rings. The molecule has 0 saturated heterocycles. The first-order valence-electron chi connectivity index (χ1n) is 8.15. The van der Waals surface area contributed by atoms with Gasteiger partial charge in [-0.05, 0) is 5.56 Å². The van der Waals surface area contributed by atoms with Crippen LogP contribution in [0.3, 0.4) is 0 Å². The summed E-state index contributed by atoms with van der Waals surface area (Å²) in [5.41, 5.74) is 0.882. The summed E-state index contributed by atoms with van der Waals surface area (Å²) in [4.78, 5) is 37.6. The van der Waals surface area contributed by atoms with Gasteiger partial charge in [0.25, 0.3) is 0 Å². The van der Waals surface area contributed by atoms with Gasteiger partial charge in [-0.25, -0.2) is 9.59 Å². The fourth-order valence-corrected chi connectivity index (χ4v) is 2.18. The minimum Gasteiger partial charge on any atom is -0.465 e. The minimum absolute atomic E-state index is 0.00572. The van der Waals surface area contributed by atoms with Gasteiger partial charge in [0, 0.05) is 26.1 Å². The summed E-state index contributed by atoms with van der Waals surface area (Å²) in [5, 5.41) is 9.27. The molecule has 0 bridgehead atoms. The highest BCUT2D eigenvalue weighted by atomic mass is 16.6. The van der Waals surface area contributed by atoms with E-state index in [9.17, 15) is 19.5 Å². The van der Waals surface area contributed by atoms with Gasteiger partial charge >= 0.3 is 12.2 Å². The molecule has 0 saturated carbocycles. The van der Waals surface area contributed by atoms with Crippen LogP contribution in [0, 0.1) is 0 Å². The van der Waals surface area contributed by atoms with Crippen molar-refractivity contribution in [2.75, 3.05) is 26.2 Å². The normalized spacial score (nSPS) is 9.85. The van der Waals surface area contributed by atoms with Crippen molar-refractivity contribution < 1.29 is 24.2 Å². The lowest BCUT2D eigenvalue weighted by Crippen LogP contribution is -2.42. The number of carbonyl (C=O) groups is 3. The molecule has 0 fully saturated rings. The van der Waals surface area contributed by atoms with E-state index in [2.05, 4.69) is 13.2 Å². The summed E-state index contributed by atoms with van der Waals surface area (Å²) >= 11 is 0. The molecular weight excluding hydrogens is 336 g/mol. The van der Waals surface area contributed by atoms with Crippen LogP contribution in [0.5, 0.6) is 0 Å². The summed E-state index contributed by atoms with van der Waals surface area (Å²) in [7, 11) is 0. The number of carbonyl (C=O) groups excluding carboxylic acids is 2. The van der Waals surface area contributed by atoms with Crippen LogP contribution in [-0.4, -0.2) is 59.1 Å². The number of hydrogen-bond donors (Lipinski definition) is 1. The first kappa shape index (κ1) is 21.0. The molecule has 0 aromatic heterocycles. The Balaban J connectivity index is 2.76. The number of allylic oxidation sites excluding steroid dienone is 1. The standard InChI is InChI=1S/C19H24N2O5/c1-3-8-17(22)15-20(18(23)24)11-12-21(19(25)26-13-4-2)14-16-9-6-5-7-10-16/h3-7,9-10H,1-2,8,11-15H2,(H,23,24). The van der Waals surface area contributed by atoms with E-state index < -0.39 is 12.2 Å². The molecule has 2 amide bonds. The van der Waals surface area contributed by atoms with Crippen molar-refractivity contribution in [2.45, 2.75) is 13.0 Å². The average Bonchev–Trinajstić information content (AvgIpc) is 2.62. The van der Waals surface area contributed by atoms with Crippen molar-refractivity contribution in [1.82, 2.24) is 9.80 Å². The second-order valence-corrected chi connectivity index (χ2v) is 5.51. The van der Waals surface area contributed by atoms with Crippen LogP contribution in [0.4, 0.5) is 9.59 Å². The van der Waals surface area contributed by atoms with Crippen LogP contribution in [0.25, 0.3) is 0 Å². The fraction of sp³-hybridized carbons (Fsp3) is 0.316. The van der Waals surface area contributed by atoms with Gasteiger partial charge in [-0.2, -0.15) is 0 Å². The van der Waals surface area contributed by atoms with Gasteiger partial charge in [-0.1, -0.05) is 49.1 Å². The second-order valence-electron chi connectivity index (χ2n) is 5.51. The van der Waals surface area contributed by atoms with Crippen LogP contribution in [0.2, 0.25) is 0 Å². The molecule has 26 heavy (non-hydrogen) atoms. The number of benzene rings is 1. The first-order chi connectivity index (χ1) is 12.5. The first-order valence-corrected chi connectivity index (χ1v) is 8.15. The quantitative estimate of drug-likeness (QED) is 0.613. The summed E-state index contributed by atoms with van der Waals surface area (Å²) in [6.45, 7) is 7.13. The Morgan fingerprint density at radius 3 is 2.27 bits per heavy atom. The molecule has 1 rings (SSSR count). The van der Waals surface area contributed by atoms with Crippen molar-refractivity contribution in [3.05, 3.63) is 61.2 Å². The van der Waals surface area contributed by atoms with Crippen LogP contribution in [0.15, 0.2) is 55.6 Å². The number of rotatable bonds is 11. The number of nitrogens with zero attached hydrogens (tertiary/aromatic N) is 2. The van der Waals surface area contributed by atoms with Gasteiger partial charge in [0.1, 0.15) is 6.61 Å². The van der Waals surface area contributed by atoms with E-state index in [-0.39, 0.29) is 45.0 Å². The Kier molecular flexibility index (Phi) is 9.24. The highest BCUT2D eigenvalue weighted by Gasteiger charge is 2.20. The molecule has 140 valence electrons. The molecule has 0 spiro atoms. The number of ether oxygens (including phenoxy) is 1. The molecule has 0 aliphatic carbocycles. The smallest absolute Gasteiger partial charge is 0.410 e. The van der Waals surface area contributed by atoms with Gasteiger partial charge in [0.05, 0.1) is 6.54 Å². The lowest BCUT2D eigenvalue weighted by molar-refractivity contribution is -0.119. The summed E-state index contributed by atoms with van der Waals surface area (Å²) < 4.78 is 5.06. The second kappa shape index (κ2) is 11.5. The maximum Gasteiger partial charge on any atom is 0.410 e. The van der Waals surface area contributed by atoms with E-state index in [1.54, 1.807) is 0 Å². The third-order valence-corrected chi connectivity index (χ3v) is 3.45. The number of amides is 2. The predicted octanol–water partition coefficient (Wildman–Crippen LogP) is 2.94. The number of carboxylic acid groups (broad SMARTS) is 1. The van der Waals surface area contributed by atoms with Crippen molar-refractivity contribution in [3.63, 3.8) is 0 Å². The van der Waals surface area contributed by atoms with Crippen LogP contribution in [0.1, 0.15) is 12.0 Å². The highest BCUT2D eigenvalue weighted by Crippen LogP contribution is 2.07. The summed E-state index contributed by atoms with van der Waals surface area (Å²) in [5.74, 6) is -0.258. The van der Waals surface area contributed by atoms with Gasteiger partial charge < -0.3 is 14.7 Å².